The van der Waals surface area contributed by atoms with E-state index in [-0.39, 0.29) is 17.0 Å². The van der Waals surface area contributed by atoms with Crippen molar-refractivity contribution in [3.63, 3.8) is 0 Å². The SMILES string of the molecule is COc1cccc(CN2C(=O)CCSC2c2ccc3cccc(O)c3n2)c1. The number of carbonyl (C=O) groups is 1. The van der Waals surface area contributed by atoms with E-state index in [0.717, 1.165) is 28.1 Å². The third kappa shape index (κ3) is 3.57. The molecular formula is C21H20N2O3S. The summed E-state index contributed by atoms with van der Waals surface area (Å²) in [6, 6.07) is 17.0. The van der Waals surface area contributed by atoms with Gasteiger partial charge in [-0.05, 0) is 29.8 Å². The number of aromatic nitrogens is 1. The number of thioether (sulfide) groups is 1. The van der Waals surface area contributed by atoms with Crippen molar-refractivity contribution in [2.24, 2.45) is 0 Å². The van der Waals surface area contributed by atoms with Crippen molar-refractivity contribution in [3.8, 4) is 11.5 Å². The first-order valence-electron chi connectivity index (χ1n) is 8.78. The topological polar surface area (TPSA) is 62.7 Å². The van der Waals surface area contributed by atoms with Crippen molar-refractivity contribution >= 4 is 28.6 Å². The fraction of sp³-hybridized carbons (Fsp3) is 0.238. The maximum atomic E-state index is 12.7. The van der Waals surface area contributed by atoms with E-state index < -0.39 is 0 Å². The number of nitrogens with zero attached hydrogens (tertiary/aromatic N) is 2. The molecule has 5 nitrogen and oxygen atoms in total. The Hall–Kier alpha value is -2.73. The molecule has 0 spiro atoms. The van der Waals surface area contributed by atoms with Crippen molar-refractivity contribution < 1.29 is 14.6 Å². The third-order valence-electron chi connectivity index (χ3n) is 4.66. The lowest BCUT2D eigenvalue weighted by atomic mass is 10.1. The van der Waals surface area contributed by atoms with Crippen molar-refractivity contribution in [1.29, 1.82) is 0 Å². The molecule has 1 amide bonds. The normalized spacial score (nSPS) is 17.3. The molecule has 0 radical (unpaired) electrons. The average molecular weight is 380 g/mol. The van der Waals surface area contributed by atoms with Crippen LogP contribution in [0.2, 0.25) is 0 Å². The van der Waals surface area contributed by atoms with Gasteiger partial charge in [0.1, 0.15) is 22.4 Å². The Labute approximate surface area is 162 Å². The fourth-order valence-electron chi connectivity index (χ4n) is 3.29. The van der Waals surface area contributed by atoms with E-state index in [0.29, 0.717) is 18.5 Å². The number of methoxy groups -OCH3 is 1. The van der Waals surface area contributed by atoms with Crippen LogP contribution in [0.3, 0.4) is 0 Å². The van der Waals surface area contributed by atoms with E-state index in [1.54, 1.807) is 31.0 Å². The van der Waals surface area contributed by atoms with Gasteiger partial charge in [0, 0.05) is 24.1 Å². The second-order valence-corrected chi connectivity index (χ2v) is 7.62. The number of pyridine rings is 1. The van der Waals surface area contributed by atoms with Crippen molar-refractivity contribution in [2.45, 2.75) is 18.3 Å². The fourth-order valence-corrected chi connectivity index (χ4v) is 4.48. The van der Waals surface area contributed by atoms with Crippen molar-refractivity contribution in [2.75, 3.05) is 12.9 Å². The Balaban J connectivity index is 1.69. The van der Waals surface area contributed by atoms with Gasteiger partial charge in [0.15, 0.2) is 0 Å². The molecule has 6 heteroatoms. The standard InChI is InChI=1S/C21H20N2O3S/c1-26-16-6-2-4-14(12-16)13-23-19(25)10-11-27-21(23)17-9-8-15-5-3-7-18(24)20(15)22-17/h2-9,12,21,24H,10-11,13H2,1H3. The maximum Gasteiger partial charge on any atom is 0.224 e. The van der Waals surface area contributed by atoms with Crippen LogP contribution in [0.5, 0.6) is 11.5 Å². The lowest BCUT2D eigenvalue weighted by Gasteiger charge is -2.35. The molecule has 2 heterocycles. The molecule has 0 saturated carbocycles. The summed E-state index contributed by atoms with van der Waals surface area (Å²) in [5.74, 6) is 1.80. The van der Waals surface area contributed by atoms with E-state index in [1.807, 2.05) is 47.4 Å². The zero-order valence-electron chi connectivity index (χ0n) is 15.0. The van der Waals surface area contributed by atoms with E-state index in [9.17, 15) is 9.90 Å². The van der Waals surface area contributed by atoms with Crippen LogP contribution < -0.4 is 4.74 Å². The van der Waals surface area contributed by atoms with Gasteiger partial charge in [0.25, 0.3) is 0 Å². The molecule has 1 N–H and O–H groups in total. The maximum absolute atomic E-state index is 12.7. The Morgan fingerprint density at radius 3 is 2.93 bits per heavy atom. The zero-order valence-corrected chi connectivity index (χ0v) is 15.8. The highest BCUT2D eigenvalue weighted by Crippen LogP contribution is 2.38. The first kappa shape index (κ1) is 17.7. The van der Waals surface area contributed by atoms with Crippen LogP contribution in [0.15, 0.2) is 54.6 Å². The van der Waals surface area contributed by atoms with Crippen LogP contribution in [0, 0.1) is 0 Å². The number of hydrogen-bond donors (Lipinski definition) is 1. The van der Waals surface area contributed by atoms with Gasteiger partial charge in [-0.2, -0.15) is 0 Å². The summed E-state index contributed by atoms with van der Waals surface area (Å²) in [7, 11) is 1.63. The highest BCUT2D eigenvalue weighted by Gasteiger charge is 2.31. The van der Waals surface area contributed by atoms with E-state index in [1.165, 1.54) is 0 Å². The Bertz CT molecular complexity index is 992. The number of phenols is 1. The number of amides is 1. The smallest absolute Gasteiger partial charge is 0.224 e. The molecular weight excluding hydrogens is 360 g/mol. The molecule has 2 aromatic carbocycles. The first-order chi connectivity index (χ1) is 13.2. The lowest BCUT2D eigenvalue weighted by Crippen LogP contribution is -2.37. The molecule has 138 valence electrons. The number of phenolic OH excluding ortho intramolecular Hbond substituents is 1. The van der Waals surface area contributed by atoms with Gasteiger partial charge in [-0.1, -0.05) is 30.3 Å². The van der Waals surface area contributed by atoms with Gasteiger partial charge in [-0.3, -0.25) is 4.79 Å². The van der Waals surface area contributed by atoms with Gasteiger partial charge < -0.3 is 14.7 Å². The second-order valence-electron chi connectivity index (χ2n) is 6.43. The monoisotopic (exact) mass is 380 g/mol. The minimum atomic E-state index is -0.179. The molecule has 0 aliphatic carbocycles. The highest BCUT2D eigenvalue weighted by molar-refractivity contribution is 7.99. The van der Waals surface area contributed by atoms with E-state index >= 15 is 0 Å². The number of aromatic hydroxyl groups is 1. The summed E-state index contributed by atoms with van der Waals surface area (Å²) in [4.78, 5) is 19.2. The van der Waals surface area contributed by atoms with Gasteiger partial charge in [-0.25, -0.2) is 4.98 Å². The van der Waals surface area contributed by atoms with Crippen LogP contribution in [0.4, 0.5) is 0 Å². The number of rotatable bonds is 4. The molecule has 27 heavy (non-hydrogen) atoms. The number of fused-ring (bicyclic) bond motifs is 1. The zero-order chi connectivity index (χ0) is 18.8. The molecule has 1 atom stereocenters. The lowest BCUT2D eigenvalue weighted by molar-refractivity contribution is -0.132. The number of carbonyl (C=O) groups excluding carboxylic acids is 1. The average Bonchev–Trinajstić information content (AvgIpc) is 2.70. The van der Waals surface area contributed by atoms with Crippen molar-refractivity contribution in [3.05, 3.63) is 65.9 Å². The molecule has 3 aromatic rings. The summed E-state index contributed by atoms with van der Waals surface area (Å²) in [5.41, 5.74) is 2.36. The summed E-state index contributed by atoms with van der Waals surface area (Å²) in [5, 5.41) is 10.8. The number of para-hydroxylation sites is 1. The quantitative estimate of drug-likeness (QED) is 0.738. The molecule has 1 unspecified atom stereocenters. The summed E-state index contributed by atoms with van der Waals surface area (Å²) in [6.07, 6.45) is 0.518. The molecule has 1 aliphatic heterocycles. The van der Waals surface area contributed by atoms with E-state index in [4.69, 9.17) is 4.74 Å². The molecule has 1 aromatic heterocycles. The van der Waals surface area contributed by atoms with Gasteiger partial charge >= 0.3 is 0 Å². The van der Waals surface area contributed by atoms with Gasteiger partial charge in [-0.15, -0.1) is 11.8 Å². The Kier molecular flexibility index (Phi) is 4.90. The van der Waals surface area contributed by atoms with E-state index in [2.05, 4.69) is 4.98 Å². The van der Waals surface area contributed by atoms with Gasteiger partial charge in [0.2, 0.25) is 5.91 Å². The van der Waals surface area contributed by atoms with Crippen LogP contribution in [0.25, 0.3) is 10.9 Å². The summed E-state index contributed by atoms with van der Waals surface area (Å²) in [6.45, 7) is 0.494. The third-order valence-corrected chi connectivity index (χ3v) is 5.91. The highest BCUT2D eigenvalue weighted by atomic mass is 32.2. The van der Waals surface area contributed by atoms with Crippen molar-refractivity contribution in [1.82, 2.24) is 9.88 Å². The predicted octanol–water partition coefficient (Wildman–Crippen LogP) is 4.11. The minimum absolute atomic E-state index is 0.112. The Morgan fingerprint density at radius 1 is 1.22 bits per heavy atom. The number of ether oxygens (including phenoxy) is 1. The summed E-state index contributed by atoms with van der Waals surface area (Å²) < 4.78 is 5.29. The first-order valence-corrected chi connectivity index (χ1v) is 9.83. The van der Waals surface area contributed by atoms with Crippen LogP contribution in [-0.4, -0.2) is 33.8 Å². The molecule has 1 aliphatic rings. The Morgan fingerprint density at radius 2 is 2.07 bits per heavy atom. The molecule has 1 fully saturated rings. The van der Waals surface area contributed by atoms with Crippen LogP contribution in [-0.2, 0) is 11.3 Å². The number of benzene rings is 2. The second kappa shape index (κ2) is 7.48. The van der Waals surface area contributed by atoms with Crippen LogP contribution >= 0.6 is 11.8 Å². The number of hydrogen-bond acceptors (Lipinski definition) is 5. The predicted molar refractivity (Wildman–Crippen MR) is 107 cm³/mol. The minimum Gasteiger partial charge on any atom is -0.506 e. The largest absolute Gasteiger partial charge is 0.506 e. The molecule has 0 bridgehead atoms. The molecule has 1 saturated heterocycles. The molecule has 4 rings (SSSR count). The van der Waals surface area contributed by atoms with Crippen LogP contribution in [0.1, 0.15) is 23.1 Å². The summed E-state index contributed by atoms with van der Waals surface area (Å²) >= 11 is 1.70. The van der Waals surface area contributed by atoms with Gasteiger partial charge in [0.05, 0.1) is 12.8 Å².